The zero-order valence-electron chi connectivity index (χ0n) is 13.1. The summed E-state index contributed by atoms with van der Waals surface area (Å²) < 4.78 is 10.1. The van der Waals surface area contributed by atoms with E-state index in [1.54, 1.807) is 4.90 Å². The van der Waals surface area contributed by atoms with Crippen LogP contribution in [-0.2, 0) is 23.9 Å². The molecule has 0 bridgehead atoms. The van der Waals surface area contributed by atoms with E-state index in [4.69, 9.17) is 9.47 Å². The summed E-state index contributed by atoms with van der Waals surface area (Å²) >= 11 is 0. The van der Waals surface area contributed by atoms with Crippen molar-refractivity contribution >= 4 is 18.3 Å². The summed E-state index contributed by atoms with van der Waals surface area (Å²) in [6, 6.07) is 0. The summed E-state index contributed by atoms with van der Waals surface area (Å²) in [5.41, 5.74) is 0. The zero-order chi connectivity index (χ0) is 16.0. The molecule has 1 amide bonds. The molecule has 0 spiro atoms. The van der Waals surface area contributed by atoms with Gasteiger partial charge in [0.25, 0.3) is 5.79 Å². The van der Waals surface area contributed by atoms with Crippen LogP contribution in [0.3, 0.4) is 0 Å². The molecule has 7 heteroatoms. The lowest BCUT2D eigenvalue weighted by molar-refractivity contribution is -0.240. The Morgan fingerprint density at radius 2 is 1.57 bits per heavy atom. The van der Waals surface area contributed by atoms with Gasteiger partial charge in [0, 0.05) is 46.6 Å². The smallest absolute Gasteiger partial charge is 0.324 e. The first-order valence-electron chi connectivity index (χ1n) is 7.29. The number of hydrogen-bond acceptors (Lipinski definition) is 6. The van der Waals surface area contributed by atoms with Crippen LogP contribution in [0.1, 0.15) is 27.7 Å². The van der Waals surface area contributed by atoms with Gasteiger partial charge in [-0.3, -0.25) is 19.3 Å². The van der Waals surface area contributed by atoms with Gasteiger partial charge in [-0.2, -0.15) is 0 Å². The molecule has 2 aliphatic rings. The van der Waals surface area contributed by atoms with E-state index in [0.29, 0.717) is 26.2 Å². The van der Waals surface area contributed by atoms with Gasteiger partial charge in [0.05, 0.1) is 0 Å². The first-order chi connectivity index (χ1) is 9.91. The predicted molar refractivity (Wildman–Crippen MR) is 75.2 cm³/mol. The highest BCUT2D eigenvalue weighted by Gasteiger charge is 2.43. The van der Waals surface area contributed by atoms with Crippen molar-refractivity contribution in [3.63, 3.8) is 0 Å². The molecule has 2 heterocycles. The molecule has 2 rings (SSSR count). The molecule has 0 N–H and O–H groups in total. The number of carbonyl (C=O) groups is 3. The van der Waals surface area contributed by atoms with Gasteiger partial charge in [0.15, 0.2) is 5.92 Å². The van der Waals surface area contributed by atoms with Crippen molar-refractivity contribution < 1.29 is 23.9 Å². The number of carbonyl (C=O) groups excluding carboxylic acids is 3. The Balaban J connectivity index is 0.00000106. The summed E-state index contributed by atoms with van der Waals surface area (Å²) in [4.78, 5) is 37.8. The van der Waals surface area contributed by atoms with Crippen molar-refractivity contribution in [3.8, 4) is 0 Å². The molecule has 21 heavy (non-hydrogen) atoms. The average Bonchev–Trinajstić information content (AvgIpc) is 2.45. The van der Waals surface area contributed by atoms with E-state index < -0.39 is 23.6 Å². The molecule has 2 aliphatic heterocycles. The highest BCUT2D eigenvalue weighted by Crippen LogP contribution is 2.23. The van der Waals surface area contributed by atoms with E-state index in [1.807, 2.05) is 18.7 Å². The third-order valence-corrected chi connectivity index (χ3v) is 3.26. The van der Waals surface area contributed by atoms with Gasteiger partial charge < -0.3 is 14.4 Å². The minimum atomic E-state index is -1.18. The Labute approximate surface area is 125 Å². The van der Waals surface area contributed by atoms with E-state index in [9.17, 15) is 14.4 Å². The van der Waals surface area contributed by atoms with Crippen LogP contribution in [0.4, 0.5) is 0 Å². The molecule has 2 saturated heterocycles. The second-order valence-electron chi connectivity index (χ2n) is 5.24. The van der Waals surface area contributed by atoms with Crippen LogP contribution in [0.5, 0.6) is 0 Å². The second kappa shape index (κ2) is 7.40. The van der Waals surface area contributed by atoms with Crippen LogP contribution < -0.4 is 0 Å². The molecular weight excluding hydrogens is 276 g/mol. The highest BCUT2D eigenvalue weighted by molar-refractivity contribution is 5.96. The summed E-state index contributed by atoms with van der Waals surface area (Å²) in [5, 5.41) is 0. The number of piperazine rings is 1. The molecule has 120 valence electrons. The largest absolute Gasteiger partial charge is 0.422 e. The van der Waals surface area contributed by atoms with Gasteiger partial charge in [-0.15, -0.1) is 0 Å². The van der Waals surface area contributed by atoms with E-state index in [2.05, 4.69) is 0 Å². The summed E-state index contributed by atoms with van der Waals surface area (Å²) in [7, 11) is 0. The normalized spacial score (nSPS) is 22.8. The first kappa shape index (κ1) is 17.4. The monoisotopic (exact) mass is 300 g/mol. The number of ether oxygens (including phenoxy) is 2. The number of rotatable bonds is 3. The van der Waals surface area contributed by atoms with E-state index in [0.717, 1.165) is 6.41 Å². The van der Waals surface area contributed by atoms with Crippen LogP contribution in [0.15, 0.2) is 0 Å². The molecule has 0 unspecified atom stereocenters. The van der Waals surface area contributed by atoms with E-state index >= 15 is 0 Å². The molecule has 2 fully saturated rings. The lowest BCUT2D eigenvalue weighted by atomic mass is 10.1. The molecule has 0 aromatic carbocycles. The van der Waals surface area contributed by atoms with Crippen LogP contribution >= 0.6 is 0 Å². The van der Waals surface area contributed by atoms with Gasteiger partial charge in [0.2, 0.25) is 6.41 Å². The quantitative estimate of drug-likeness (QED) is 0.422. The Morgan fingerprint density at radius 3 is 2.00 bits per heavy atom. The second-order valence-corrected chi connectivity index (χ2v) is 5.24. The number of nitrogens with zero attached hydrogens (tertiary/aromatic N) is 2. The molecule has 0 aromatic rings. The van der Waals surface area contributed by atoms with Gasteiger partial charge in [-0.1, -0.05) is 13.8 Å². The lowest BCUT2D eigenvalue weighted by Crippen LogP contribution is -2.53. The standard InChI is InChI=1S/C12H18N2O5.C2H6/c1-12(2)18-10(16)9(11(17)19-12)7-13-3-5-14(8-15)6-4-13;1-2/h8-9H,3-7H2,1-2H3;1-2H3. The average molecular weight is 300 g/mol. The molecule has 0 saturated carbocycles. The van der Waals surface area contributed by atoms with Crippen LogP contribution in [0, 0.1) is 5.92 Å². The maximum absolute atomic E-state index is 11.8. The maximum Gasteiger partial charge on any atom is 0.324 e. The third kappa shape index (κ3) is 4.70. The number of hydrogen-bond donors (Lipinski definition) is 0. The van der Waals surface area contributed by atoms with Gasteiger partial charge in [0.1, 0.15) is 0 Å². The van der Waals surface area contributed by atoms with Gasteiger partial charge in [-0.05, 0) is 0 Å². The Bertz CT molecular complexity index is 369. The Hall–Kier alpha value is -1.63. The number of amides is 1. The maximum atomic E-state index is 11.8. The highest BCUT2D eigenvalue weighted by atomic mass is 16.7. The number of esters is 2. The SMILES string of the molecule is CC.CC1(C)OC(=O)C(CN2CCN(C=O)CC2)C(=O)O1. The van der Waals surface area contributed by atoms with Crippen molar-refractivity contribution in [2.45, 2.75) is 33.5 Å². The van der Waals surface area contributed by atoms with Crippen LogP contribution in [-0.4, -0.2) is 66.7 Å². The van der Waals surface area contributed by atoms with E-state index in [-0.39, 0.29) is 6.54 Å². The molecule has 7 nitrogen and oxygen atoms in total. The van der Waals surface area contributed by atoms with Crippen LogP contribution in [0.2, 0.25) is 0 Å². The van der Waals surface area contributed by atoms with Gasteiger partial charge >= 0.3 is 11.9 Å². The predicted octanol–water partition coefficient (Wildman–Crippen LogP) is 0.239. The van der Waals surface area contributed by atoms with Crippen molar-refractivity contribution in [3.05, 3.63) is 0 Å². The Morgan fingerprint density at radius 1 is 1.10 bits per heavy atom. The Kier molecular flexibility index (Phi) is 6.14. The van der Waals surface area contributed by atoms with Crippen LogP contribution in [0.25, 0.3) is 0 Å². The fourth-order valence-corrected chi connectivity index (χ4v) is 2.20. The third-order valence-electron chi connectivity index (χ3n) is 3.26. The molecule has 0 atom stereocenters. The van der Waals surface area contributed by atoms with Crippen molar-refractivity contribution in [2.75, 3.05) is 32.7 Å². The molecule has 0 aromatic heterocycles. The minimum absolute atomic E-state index is 0.278. The molecule has 0 aliphatic carbocycles. The number of cyclic esters (lactones) is 2. The lowest BCUT2D eigenvalue weighted by Gasteiger charge is -2.37. The summed E-state index contributed by atoms with van der Waals surface area (Å²) in [5.74, 6) is -3.16. The first-order valence-corrected chi connectivity index (χ1v) is 7.29. The fourth-order valence-electron chi connectivity index (χ4n) is 2.20. The molecule has 0 radical (unpaired) electrons. The molecular formula is C14H24N2O5. The van der Waals surface area contributed by atoms with Gasteiger partial charge in [-0.25, -0.2) is 0 Å². The van der Waals surface area contributed by atoms with Crippen molar-refractivity contribution in [1.29, 1.82) is 0 Å². The summed E-state index contributed by atoms with van der Waals surface area (Å²) in [6.45, 7) is 9.82. The summed E-state index contributed by atoms with van der Waals surface area (Å²) in [6.07, 6.45) is 0.809. The van der Waals surface area contributed by atoms with Crippen molar-refractivity contribution in [1.82, 2.24) is 9.80 Å². The van der Waals surface area contributed by atoms with Crippen molar-refractivity contribution in [2.24, 2.45) is 5.92 Å². The topological polar surface area (TPSA) is 76.2 Å². The zero-order valence-corrected chi connectivity index (χ0v) is 13.1. The minimum Gasteiger partial charge on any atom is -0.422 e. The van der Waals surface area contributed by atoms with E-state index in [1.165, 1.54) is 13.8 Å². The fraction of sp³-hybridized carbons (Fsp3) is 0.786.